The highest BCUT2D eigenvalue weighted by molar-refractivity contribution is 7.09. The lowest BCUT2D eigenvalue weighted by Crippen LogP contribution is -2.38. The van der Waals surface area contributed by atoms with Gasteiger partial charge in [-0.15, -0.1) is 17.8 Å². The lowest BCUT2D eigenvalue weighted by atomic mass is 9.98. The van der Waals surface area contributed by atoms with E-state index in [-0.39, 0.29) is 25.0 Å². The molecule has 0 radical (unpaired) electrons. The summed E-state index contributed by atoms with van der Waals surface area (Å²) in [5.74, 6) is 1.61. The number of nitrogens with one attached hydrogen (secondary N) is 1. The molecule has 1 saturated heterocycles. The molecular weight excluding hydrogens is 417 g/mol. The van der Waals surface area contributed by atoms with E-state index in [0.29, 0.717) is 29.4 Å². The molecule has 2 aromatic rings. The van der Waals surface area contributed by atoms with E-state index in [0.717, 1.165) is 17.8 Å². The summed E-state index contributed by atoms with van der Waals surface area (Å²) in [4.78, 5) is 30.2. The van der Waals surface area contributed by atoms with Crippen LogP contribution in [-0.4, -0.2) is 41.6 Å². The molecule has 1 fully saturated rings. The number of thiazole rings is 1. The fourth-order valence-corrected chi connectivity index (χ4v) is 4.14. The number of amides is 2. The highest BCUT2D eigenvalue weighted by Gasteiger charge is 2.27. The summed E-state index contributed by atoms with van der Waals surface area (Å²) in [5, 5.41) is 5.52. The van der Waals surface area contributed by atoms with E-state index in [1.165, 1.54) is 23.5 Å². The van der Waals surface area contributed by atoms with Gasteiger partial charge in [-0.2, -0.15) is 0 Å². The van der Waals surface area contributed by atoms with Crippen molar-refractivity contribution < 1.29 is 18.7 Å². The van der Waals surface area contributed by atoms with Gasteiger partial charge < -0.3 is 15.0 Å². The molecule has 1 N–H and O–H groups in total. The van der Waals surface area contributed by atoms with Crippen molar-refractivity contribution in [3.63, 3.8) is 0 Å². The lowest BCUT2D eigenvalue weighted by molar-refractivity contribution is 0.0946. The van der Waals surface area contributed by atoms with Crippen molar-refractivity contribution in [3.05, 3.63) is 50.7 Å². The number of likely N-dealkylation sites (tertiary alicyclic amines) is 1. The van der Waals surface area contributed by atoms with E-state index in [9.17, 15) is 14.0 Å². The number of rotatable bonds is 5. The zero-order valence-corrected chi connectivity index (χ0v) is 17.1. The first-order chi connectivity index (χ1) is 14.0. The maximum absolute atomic E-state index is 13.8. The number of halogens is 2. The number of hydrogen-bond acceptors (Lipinski definition) is 5. The first-order valence-corrected chi connectivity index (χ1v) is 10.3. The Balaban J connectivity index is 1.52. The predicted octanol–water partition coefficient (Wildman–Crippen LogP) is 3.81. The highest BCUT2D eigenvalue weighted by Crippen LogP contribution is 2.30. The van der Waals surface area contributed by atoms with Crippen LogP contribution >= 0.6 is 22.9 Å². The average Bonchev–Trinajstić information content (AvgIpc) is 3.21. The van der Waals surface area contributed by atoms with Crippen LogP contribution in [0.2, 0.25) is 5.02 Å². The molecular formula is C20H19ClFN3O3S. The molecule has 1 aromatic carbocycles. The second kappa shape index (κ2) is 9.72. The Labute approximate surface area is 177 Å². The van der Waals surface area contributed by atoms with Crippen LogP contribution in [-0.2, 0) is 11.3 Å². The SMILES string of the molecule is C#CCOC(=O)N1CCC(c2nc(C(=O)NCc3ccc(Cl)cc3F)cs2)CC1. The van der Waals surface area contributed by atoms with Crippen LogP contribution in [0, 0.1) is 18.2 Å². The van der Waals surface area contributed by atoms with E-state index >= 15 is 0 Å². The lowest BCUT2D eigenvalue weighted by Gasteiger charge is -2.30. The van der Waals surface area contributed by atoms with Gasteiger partial charge in [0.2, 0.25) is 0 Å². The Morgan fingerprint density at radius 3 is 2.86 bits per heavy atom. The van der Waals surface area contributed by atoms with Gasteiger partial charge in [0.25, 0.3) is 5.91 Å². The summed E-state index contributed by atoms with van der Waals surface area (Å²) < 4.78 is 18.7. The Morgan fingerprint density at radius 1 is 1.41 bits per heavy atom. The Morgan fingerprint density at radius 2 is 2.17 bits per heavy atom. The summed E-state index contributed by atoms with van der Waals surface area (Å²) in [6, 6.07) is 4.31. The van der Waals surface area contributed by atoms with Gasteiger partial charge in [0.15, 0.2) is 6.61 Å². The Hall–Kier alpha value is -2.63. The van der Waals surface area contributed by atoms with Crippen LogP contribution in [0.3, 0.4) is 0 Å². The first-order valence-electron chi connectivity index (χ1n) is 9.00. The number of hydrogen-bond donors (Lipinski definition) is 1. The molecule has 29 heavy (non-hydrogen) atoms. The minimum Gasteiger partial charge on any atom is -0.436 e. The zero-order chi connectivity index (χ0) is 20.8. The van der Waals surface area contributed by atoms with Crippen molar-refractivity contribution in [1.82, 2.24) is 15.2 Å². The quantitative estimate of drug-likeness (QED) is 0.725. The van der Waals surface area contributed by atoms with Crippen LogP contribution in [0.25, 0.3) is 0 Å². The number of carbonyl (C=O) groups excluding carboxylic acids is 2. The minimum atomic E-state index is -0.468. The van der Waals surface area contributed by atoms with Crippen molar-refractivity contribution in [2.75, 3.05) is 19.7 Å². The van der Waals surface area contributed by atoms with Crippen LogP contribution in [0.5, 0.6) is 0 Å². The Bertz CT molecular complexity index is 935. The molecule has 1 aromatic heterocycles. The van der Waals surface area contributed by atoms with E-state index in [1.807, 2.05) is 0 Å². The molecule has 0 aliphatic carbocycles. The van der Waals surface area contributed by atoms with Crippen molar-refractivity contribution in [3.8, 4) is 12.3 Å². The van der Waals surface area contributed by atoms with Gasteiger partial charge in [0.1, 0.15) is 11.5 Å². The number of piperidine rings is 1. The van der Waals surface area contributed by atoms with Crippen LogP contribution < -0.4 is 5.32 Å². The van der Waals surface area contributed by atoms with E-state index < -0.39 is 11.9 Å². The number of ether oxygens (including phenoxy) is 1. The summed E-state index contributed by atoms with van der Waals surface area (Å²) in [7, 11) is 0. The van der Waals surface area contributed by atoms with Crippen molar-refractivity contribution in [1.29, 1.82) is 0 Å². The van der Waals surface area contributed by atoms with Crippen molar-refractivity contribution in [2.24, 2.45) is 0 Å². The normalized spacial score (nSPS) is 14.3. The van der Waals surface area contributed by atoms with Gasteiger partial charge in [0, 0.05) is 41.5 Å². The predicted molar refractivity (Wildman–Crippen MR) is 108 cm³/mol. The fourth-order valence-electron chi connectivity index (χ4n) is 3.01. The topological polar surface area (TPSA) is 71.5 Å². The molecule has 2 heterocycles. The second-order valence-corrected chi connectivity index (χ2v) is 7.84. The maximum Gasteiger partial charge on any atom is 0.410 e. The van der Waals surface area contributed by atoms with Crippen molar-refractivity contribution in [2.45, 2.75) is 25.3 Å². The van der Waals surface area contributed by atoms with Gasteiger partial charge in [-0.1, -0.05) is 23.6 Å². The van der Waals surface area contributed by atoms with Gasteiger partial charge in [-0.25, -0.2) is 14.2 Å². The molecule has 0 spiro atoms. The highest BCUT2D eigenvalue weighted by atomic mass is 35.5. The minimum absolute atomic E-state index is 0.0381. The number of carbonyl (C=O) groups is 2. The zero-order valence-electron chi connectivity index (χ0n) is 15.5. The van der Waals surface area contributed by atoms with Crippen molar-refractivity contribution >= 4 is 34.9 Å². The summed E-state index contributed by atoms with van der Waals surface area (Å²) in [6.07, 6.45) is 6.15. The molecule has 3 rings (SSSR count). The van der Waals surface area contributed by atoms with E-state index in [1.54, 1.807) is 16.3 Å². The standard InChI is InChI=1S/C20H19ClFN3O3S/c1-2-9-28-20(27)25-7-5-13(6-8-25)19-24-17(12-29-19)18(26)23-11-14-3-4-15(21)10-16(14)22/h1,3-4,10,12-13H,5-9,11H2,(H,23,26). The molecule has 2 amide bonds. The molecule has 9 heteroatoms. The number of terminal acetylenes is 1. The van der Waals surface area contributed by atoms with Crippen LogP contribution in [0.4, 0.5) is 9.18 Å². The first kappa shape index (κ1) is 21.1. The Kier molecular flexibility index (Phi) is 7.07. The molecule has 1 aliphatic heterocycles. The molecule has 0 bridgehead atoms. The fraction of sp³-hybridized carbons (Fsp3) is 0.350. The van der Waals surface area contributed by atoms with Gasteiger partial charge in [-0.3, -0.25) is 4.79 Å². The number of benzene rings is 1. The third kappa shape index (κ3) is 5.46. The van der Waals surface area contributed by atoms with Gasteiger partial charge in [-0.05, 0) is 25.0 Å². The molecule has 0 atom stereocenters. The molecule has 6 nitrogen and oxygen atoms in total. The maximum atomic E-state index is 13.8. The van der Waals surface area contributed by atoms with E-state index in [2.05, 4.69) is 16.2 Å². The smallest absolute Gasteiger partial charge is 0.410 e. The van der Waals surface area contributed by atoms with Crippen LogP contribution in [0.1, 0.15) is 39.8 Å². The van der Waals surface area contributed by atoms with Gasteiger partial charge in [0.05, 0.1) is 5.01 Å². The summed E-state index contributed by atoms with van der Waals surface area (Å²) in [5.41, 5.74) is 0.650. The monoisotopic (exact) mass is 435 g/mol. The third-order valence-electron chi connectivity index (χ3n) is 4.59. The van der Waals surface area contributed by atoms with Gasteiger partial charge >= 0.3 is 6.09 Å². The third-order valence-corrected chi connectivity index (χ3v) is 5.83. The molecule has 0 saturated carbocycles. The largest absolute Gasteiger partial charge is 0.436 e. The molecule has 152 valence electrons. The van der Waals surface area contributed by atoms with Crippen LogP contribution in [0.15, 0.2) is 23.6 Å². The average molecular weight is 436 g/mol. The number of aromatic nitrogens is 1. The summed E-state index contributed by atoms with van der Waals surface area (Å²) >= 11 is 7.14. The number of nitrogens with zero attached hydrogens (tertiary/aromatic N) is 2. The molecule has 0 unspecified atom stereocenters. The van der Waals surface area contributed by atoms with E-state index in [4.69, 9.17) is 22.8 Å². The summed E-state index contributed by atoms with van der Waals surface area (Å²) in [6.45, 7) is 1.10. The second-order valence-electron chi connectivity index (χ2n) is 6.51. The molecule has 1 aliphatic rings.